The Bertz CT molecular complexity index is 290. The van der Waals surface area contributed by atoms with Gasteiger partial charge in [0.05, 0.1) is 17.1 Å². The molecule has 0 radical (unpaired) electrons. The fourth-order valence-corrected chi connectivity index (χ4v) is 3.88. The van der Waals surface area contributed by atoms with Gasteiger partial charge in [0, 0.05) is 0 Å². The summed E-state index contributed by atoms with van der Waals surface area (Å²) < 4.78 is 22.2. The van der Waals surface area contributed by atoms with E-state index in [0.717, 1.165) is 32.1 Å². The van der Waals surface area contributed by atoms with Gasteiger partial charge in [-0.3, -0.25) is 0 Å². The molecule has 0 aromatic rings. The smallest absolute Gasteiger partial charge is 0.150 e. The molecule has 1 aliphatic heterocycles. The van der Waals surface area contributed by atoms with Crippen LogP contribution in [0.25, 0.3) is 0 Å². The van der Waals surface area contributed by atoms with Gasteiger partial charge in [0.1, 0.15) is 0 Å². The van der Waals surface area contributed by atoms with Gasteiger partial charge in [0.25, 0.3) is 0 Å². The third-order valence-electron chi connectivity index (χ3n) is 3.17. The van der Waals surface area contributed by atoms with Crippen LogP contribution in [0.2, 0.25) is 0 Å². The molecule has 1 atom stereocenters. The number of hydrogen-bond donors (Lipinski definition) is 1. The lowest BCUT2D eigenvalue weighted by Crippen LogP contribution is -2.11. The maximum absolute atomic E-state index is 11.1. The molecule has 0 aromatic carbocycles. The second-order valence-electron chi connectivity index (χ2n) is 4.53. The highest BCUT2D eigenvalue weighted by atomic mass is 32.2. The van der Waals surface area contributed by atoms with Crippen LogP contribution >= 0.6 is 0 Å². The second-order valence-corrected chi connectivity index (χ2v) is 6.76. The van der Waals surface area contributed by atoms with E-state index in [0.29, 0.717) is 17.4 Å². The Hall–Kier alpha value is -0.0900. The lowest BCUT2D eigenvalue weighted by atomic mass is 10.00. The fourth-order valence-electron chi connectivity index (χ4n) is 1.97. The normalized spacial score (nSPS) is 34.7. The average Bonchev–Trinajstić information content (AvgIpc) is 2.65. The van der Waals surface area contributed by atoms with E-state index >= 15 is 0 Å². The molecule has 13 heavy (non-hydrogen) atoms. The molecule has 1 unspecified atom stereocenters. The highest BCUT2D eigenvalue weighted by molar-refractivity contribution is 7.91. The van der Waals surface area contributed by atoms with Gasteiger partial charge in [-0.2, -0.15) is 0 Å². The third kappa shape index (κ3) is 2.44. The molecule has 2 fully saturated rings. The molecule has 1 N–H and O–H groups in total. The first-order valence-electron chi connectivity index (χ1n) is 4.92. The molecule has 2 aliphatic rings. The third-order valence-corrected chi connectivity index (χ3v) is 5.01. The fraction of sp³-hybridized carbons (Fsp3) is 1.00. The molecule has 4 heteroatoms. The van der Waals surface area contributed by atoms with E-state index in [1.54, 1.807) is 0 Å². The van der Waals surface area contributed by atoms with Crippen molar-refractivity contribution in [1.82, 2.24) is 0 Å². The van der Waals surface area contributed by atoms with E-state index < -0.39 is 15.4 Å². The quantitative estimate of drug-likeness (QED) is 0.737. The van der Waals surface area contributed by atoms with Crippen molar-refractivity contribution in [3.8, 4) is 0 Å². The SMILES string of the molecule is O=S1(=O)CCC(CCC2(O)CC2)C1. The van der Waals surface area contributed by atoms with Crippen LogP contribution < -0.4 is 0 Å². The Kier molecular flexibility index (Phi) is 2.15. The Morgan fingerprint density at radius 3 is 2.54 bits per heavy atom. The second kappa shape index (κ2) is 2.95. The number of sulfone groups is 1. The molecular formula is C9H16O3S. The minimum absolute atomic E-state index is 0.314. The minimum atomic E-state index is -2.72. The highest BCUT2D eigenvalue weighted by Gasteiger charge is 2.41. The first kappa shape index (κ1) is 9.46. The van der Waals surface area contributed by atoms with Crippen molar-refractivity contribution in [2.24, 2.45) is 5.92 Å². The van der Waals surface area contributed by atoms with Gasteiger partial charge in [-0.15, -0.1) is 0 Å². The van der Waals surface area contributed by atoms with Crippen molar-refractivity contribution in [3.05, 3.63) is 0 Å². The van der Waals surface area contributed by atoms with Crippen LogP contribution in [0.5, 0.6) is 0 Å². The summed E-state index contributed by atoms with van der Waals surface area (Å²) in [6, 6.07) is 0. The lowest BCUT2D eigenvalue weighted by molar-refractivity contribution is 0.132. The summed E-state index contributed by atoms with van der Waals surface area (Å²) in [5, 5.41) is 9.57. The summed E-state index contributed by atoms with van der Waals surface area (Å²) in [5.41, 5.74) is -0.410. The molecule has 76 valence electrons. The molecule has 0 aromatic heterocycles. The summed E-state index contributed by atoms with van der Waals surface area (Å²) in [6.07, 6.45) is 4.31. The van der Waals surface area contributed by atoms with Crippen molar-refractivity contribution >= 4 is 9.84 Å². The van der Waals surface area contributed by atoms with Gasteiger partial charge in [0.15, 0.2) is 9.84 Å². The zero-order chi connectivity index (χ0) is 9.53. The van der Waals surface area contributed by atoms with Crippen LogP contribution in [0.15, 0.2) is 0 Å². The molecule has 1 saturated carbocycles. The minimum Gasteiger partial charge on any atom is -0.390 e. The summed E-state index contributed by atoms with van der Waals surface area (Å²) in [7, 11) is -2.72. The highest BCUT2D eigenvalue weighted by Crippen LogP contribution is 2.41. The summed E-state index contributed by atoms with van der Waals surface area (Å²) in [4.78, 5) is 0. The predicted molar refractivity (Wildman–Crippen MR) is 50.2 cm³/mol. The Morgan fingerprint density at radius 1 is 1.38 bits per heavy atom. The molecule has 2 rings (SSSR count). The van der Waals surface area contributed by atoms with Crippen molar-refractivity contribution in [2.45, 2.75) is 37.7 Å². The maximum Gasteiger partial charge on any atom is 0.150 e. The summed E-state index contributed by atoms with van der Waals surface area (Å²) in [6.45, 7) is 0. The predicted octanol–water partition coefficient (Wildman–Crippen LogP) is 0.726. The van der Waals surface area contributed by atoms with Crippen molar-refractivity contribution < 1.29 is 13.5 Å². The first-order valence-corrected chi connectivity index (χ1v) is 6.74. The van der Waals surface area contributed by atoms with Gasteiger partial charge in [-0.25, -0.2) is 8.42 Å². The monoisotopic (exact) mass is 204 g/mol. The van der Waals surface area contributed by atoms with Gasteiger partial charge in [-0.1, -0.05) is 0 Å². The van der Waals surface area contributed by atoms with Crippen molar-refractivity contribution in [2.75, 3.05) is 11.5 Å². The lowest BCUT2D eigenvalue weighted by Gasteiger charge is -2.10. The van der Waals surface area contributed by atoms with Crippen molar-refractivity contribution in [1.29, 1.82) is 0 Å². The molecule has 1 saturated heterocycles. The Balaban J connectivity index is 1.78. The number of rotatable bonds is 3. The first-order chi connectivity index (χ1) is 5.99. The average molecular weight is 204 g/mol. The summed E-state index contributed by atoms with van der Waals surface area (Å²) in [5.74, 6) is 1.02. The van der Waals surface area contributed by atoms with Crippen LogP contribution in [0, 0.1) is 5.92 Å². The van der Waals surface area contributed by atoms with E-state index in [4.69, 9.17) is 0 Å². The topological polar surface area (TPSA) is 54.4 Å². The van der Waals surface area contributed by atoms with Crippen LogP contribution in [-0.4, -0.2) is 30.6 Å². The van der Waals surface area contributed by atoms with E-state index in [1.165, 1.54) is 0 Å². The van der Waals surface area contributed by atoms with E-state index in [1.807, 2.05) is 0 Å². The molecular weight excluding hydrogens is 188 g/mol. The van der Waals surface area contributed by atoms with Gasteiger partial charge < -0.3 is 5.11 Å². The van der Waals surface area contributed by atoms with Crippen LogP contribution in [0.1, 0.15) is 32.1 Å². The van der Waals surface area contributed by atoms with E-state index in [9.17, 15) is 13.5 Å². The largest absolute Gasteiger partial charge is 0.390 e. The van der Waals surface area contributed by atoms with Gasteiger partial charge >= 0.3 is 0 Å². The number of hydrogen-bond acceptors (Lipinski definition) is 3. The maximum atomic E-state index is 11.1. The van der Waals surface area contributed by atoms with Crippen LogP contribution in [0.3, 0.4) is 0 Å². The molecule has 0 amide bonds. The standard InChI is InChI=1S/C9H16O3S/c10-9(4-5-9)3-1-8-2-6-13(11,12)7-8/h8,10H,1-7H2. The molecule has 0 bridgehead atoms. The molecule has 1 aliphatic carbocycles. The van der Waals surface area contributed by atoms with Gasteiger partial charge in [0.2, 0.25) is 0 Å². The van der Waals surface area contributed by atoms with Gasteiger partial charge in [-0.05, 0) is 38.0 Å². The molecule has 1 heterocycles. The van der Waals surface area contributed by atoms with Crippen LogP contribution in [0.4, 0.5) is 0 Å². The zero-order valence-electron chi connectivity index (χ0n) is 7.70. The summed E-state index contributed by atoms with van der Waals surface area (Å²) >= 11 is 0. The van der Waals surface area contributed by atoms with E-state index in [2.05, 4.69) is 0 Å². The van der Waals surface area contributed by atoms with Crippen molar-refractivity contribution in [3.63, 3.8) is 0 Å². The van der Waals surface area contributed by atoms with E-state index in [-0.39, 0.29) is 0 Å². The number of aliphatic hydroxyl groups is 1. The molecule has 0 spiro atoms. The Labute approximate surface area is 79.1 Å². The Morgan fingerprint density at radius 2 is 2.08 bits per heavy atom. The van der Waals surface area contributed by atoms with Crippen LogP contribution in [-0.2, 0) is 9.84 Å². The zero-order valence-corrected chi connectivity index (χ0v) is 8.52. The molecule has 3 nitrogen and oxygen atoms in total.